The summed E-state index contributed by atoms with van der Waals surface area (Å²) >= 11 is 0. The Morgan fingerprint density at radius 3 is 2.61 bits per heavy atom. The van der Waals surface area contributed by atoms with Crippen molar-refractivity contribution in [2.75, 3.05) is 26.2 Å². The van der Waals surface area contributed by atoms with E-state index >= 15 is 0 Å². The highest BCUT2D eigenvalue weighted by Gasteiger charge is 2.27. The smallest absolute Gasteiger partial charge is 0.0576 e. The lowest BCUT2D eigenvalue weighted by Crippen LogP contribution is -2.52. The van der Waals surface area contributed by atoms with Crippen LogP contribution in [0.2, 0.25) is 0 Å². The Morgan fingerprint density at radius 2 is 2.11 bits per heavy atom. The molecule has 3 heteroatoms. The minimum atomic E-state index is 0.173. The topological polar surface area (TPSA) is 38.5 Å². The molecule has 2 N–H and O–H groups in total. The highest BCUT2D eigenvalue weighted by atomic mass is 16.5. The van der Waals surface area contributed by atoms with E-state index in [-0.39, 0.29) is 5.54 Å². The third-order valence-corrected chi connectivity index (χ3v) is 4.44. The van der Waals surface area contributed by atoms with E-state index in [9.17, 15) is 0 Å². The van der Waals surface area contributed by atoms with Crippen LogP contribution in [0, 0.1) is 0 Å². The summed E-state index contributed by atoms with van der Waals surface area (Å²) in [6, 6.07) is 0. The number of nitrogens with zero attached hydrogens (tertiary/aromatic N) is 1. The lowest BCUT2D eigenvalue weighted by molar-refractivity contribution is 0.0785. The summed E-state index contributed by atoms with van der Waals surface area (Å²) in [7, 11) is 0. The average molecular weight is 256 g/mol. The second kappa shape index (κ2) is 8.13. The van der Waals surface area contributed by atoms with Crippen LogP contribution in [0.15, 0.2) is 0 Å². The Balaban J connectivity index is 2.36. The van der Waals surface area contributed by atoms with E-state index in [1.54, 1.807) is 0 Å². The fourth-order valence-electron chi connectivity index (χ4n) is 2.80. The molecule has 1 aliphatic rings. The van der Waals surface area contributed by atoms with Crippen LogP contribution < -0.4 is 5.73 Å². The van der Waals surface area contributed by atoms with Gasteiger partial charge in [-0.2, -0.15) is 0 Å². The van der Waals surface area contributed by atoms with Gasteiger partial charge in [0.25, 0.3) is 0 Å². The van der Waals surface area contributed by atoms with Gasteiger partial charge in [0.1, 0.15) is 0 Å². The maximum Gasteiger partial charge on any atom is 0.0576 e. The summed E-state index contributed by atoms with van der Waals surface area (Å²) in [5, 5.41) is 0. The molecule has 0 spiro atoms. The molecule has 1 aliphatic heterocycles. The van der Waals surface area contributed by atoms with Crippen LogP contribution in [0.25, 0.3) is 0 Å². The predicted molar refractivity (Wildman–Crippen MR) is 77.8 cm³/mol. The van der Waals surface area contributed by atoms with Gasteiger partial charge in [-0.05, 0) is 58.5 Å². The third kappa shape index (κ3) is 4.52. The Kier molecular flexibility index (Phi) is 7.20. The Hall–Kier alpha value is -0.120. The van der Waals surface area contributed by atoms with Gasteiger partial charge in [0.05, 0.1) is 6.10 Å². The first-order valence-corrected chi connectivity index (χ1v) is 7.73. The van der Waals surface area contributed by atoms with Crippen LogP contribution in [0.4, 0.5) is 0 Å². The number of ether oxygens (including phenoxy) is 1. The molecule has 108 valence electrons. The number of hydrogen-bond donors (Lipinski definition) is 1. The minimum absolute atomic E-state index is 0.173. The van der Waals surface area contributed by atoms with Crippen LogP contribution in [0.5, 0.6) is 0 Å². The van der Waals surface area contributed by atoms with Gasteiger partial charge in [-0.3, -0.25) is 4.90 Å². The summed E-state index contributed by atoms with van der Waals surface area (Å²) in [6.07, 6.45) is 7.82. The van der Waals surface area contributed by atoms with Crippen molar-refractivity contribution in [3.05, 3.63) is 0 Å². The zero-order valence-corrected chi connectivity index (χ0v) is 12.6. The number of rotatable bonds is 9. The predicted octanol–water partition coefficient (Wildman–Crippen LogP) is 2.79. The van der Waals surface area contributed by atoms with Gasteiger partial charge >= 0.3 is 0 Å². The van der Waals surface area contributed by atoms with E-state index in [0.717, 1.165) is 32.7 Å². The van der Waals surface area contributed by atoms with Crippen LogP contribution in [0.3, 0.4) is 0 Å². The molecule has 0 aromatic rings. The maximum absolute atomic E-state index is 5.98. The molecular formula is C15H32N2O. The zero-order chi connectivity index (χ0) is 13.4. The van der Waals surface area contributed by atoms with Gasteiger partial charge in [-0.1, -0.05) is 13.8 Å². The number of nitrogens with two attached hydrogens (primary N) is 1. The molecule has 0 amide bonds. The Bertz CT molecular complexity index is 211. The Labute approximate surface area is 113 Å². The van der Waals surface area contributed by atoms with Crippen molar-refractivity contribution in [3.8, 4) is 0 Å². The summed E-state index contributed by atoms with van der Waals surface area (Å²) in [4.78, 5) is 2.59. The average Bonchev–Trinajstić information content (AvgIpc) is 2.90. The second-order valence-electron chi connectivity index (χ2n) is 5.82. The monoisotopic (exact) mass is 256 g/mol. The summed E-state index contributed by atoms with van der Waals surface area (Å²) in [6.45, 7) is 10.8. The van der Waals surface area contributed by atoms with E-state index in [2.05, 4.69) is 25.7 Å². The fourth-order valence-corrected chi connectivity index (χ4v) is 2.80. The molecule has 1 heterocycles. The molecule has 0 aliphatic carbocycles. The summed E-state index contributed by atoms with van der Waals surface area (Å²) in [5.74, 6) is 0. The van der Waals surface area contributed by atoms with Gasteiger partial charge < -0.3 is 10.5 Å². The van der Waals surface area contributed by atoms with Crippen molar-refractivity contribution in [3.63, 3.8) is 0 Å². The SMILES string of the molecule is CCCN(CCCC1CCCO1)C(C)(CC)CN. The highest BCUT2D eigenvalue weighted by Crippen LogP contribution is 2.21. The van der Waals surface area contributed by atoms with Gasteiger partial charge in [0.15, 0.2) is 0 Å². The van der Waals surface area contributed by atoms with E-state index in [4.69, 9.17) is 10.5 Å². The van der Waals surface area contributed by atoms with Crippen LogP contribution >= 0.6 is 0 Å². The largest absolute Gasteiger partial charge is 0.378 e. The first-order chi connectivity index (χ1) is 8.66. The van der Waals surface area contributed by atoms with Crippen molar-refractivity contribution in [2.24, 2.45) is 5.73 Å². The standard InChI is InChI=1S/C15H32N2O/c1-4-10-17(15(3,5-2)13-16)11-6-8-14-9-7-12-18-14/h14H,4-13,16H2,1-3H3. The molecule has 18 heavy (non-hydrogen) atoms. The quantitative estimate of drug-likeness (QED) is 0.689. The van der Waals surface area contributed by atoms with Gasteiger partial charge in [0, 0.05) is 18.7 Å². The van der Waals surface area contributed by atoms with Crippen LogP contribution in [-0.4, -0.2) is 42.8 Å². The van der Waals surface area contributed by atoms with E-state index in [1.807, 2.05) is 0 Å². The van der Waals surface area contributed by atoms with Gasteiger partial charge in [-0.25, -0.2) is 0 Å². The fraction of sp³-hybridized carbons (Fsp3) is 1.00. The Morgan fingerprint density at radius 1 is 1.33 bits per heavy atom. The second-order valence-corrected chi connectivity index (χ2v) is 5.82. The molecule has 0 radical (unpaired) electrons. The van der Waals surface area contributed by atoms with Gasteiger partial charge in [-0.15, -0.1) is 0 Å². The number of hydrogen-bond acceptors (Lipinski definition) is 3. The lowest BCUT2D eigenvalue weighted by Gasteiger charge is -2.40. The molecule has 2 atom stereocenters. The van der Waals surface area contributed by atoms with E-state index in [0.29, 0.717) is 6.10 Å². The van der Waals surface area contributed by atoms with Gasteiger partial charge in [0.2, 0.25) is 0 Å². The van der Waals surface area contributed by atoms with Crippen molar-refractivity contribution < 1.29 is 4.74 Å². The molecule has 1 rings (SSSR count). The molecule has 2 unspecified atom stereocenters. The maximum atomic E-state index is 5.98. The molecule has 0 aromatic carbocycles. The normalized spacial score (nSPS) is 23.5. The first-order valence-electron chi connectivity index (χ1n) is 7.73. The molecule has 0 saturated carbocycles. The lowest BCUT2D eigenvalue weighted by atomic mass is 9.95. The molecule has 1 fully saturated rings. The highest BCUT2D eigenvalue weighted by molar-refractivity contribution is 4.86. The van der Waals surface area contributed by atoms with E-state index < -0.39 is 0 Å². The summed E-state index contributed by atoms with van der Waals surface area (Å²) < 4.78 is 5.69. The molecule has 0 aromatic heterocycles. The van der Waals surface area contributed by atoms with Crippen molar-refractivity contribution in [1.82, 2.24) is 4.90 Å². The third-order valence-electron chi connectivity index (χ3n) is 4.44. The minimum Gasteiger partial charge on any atom is -0.378 e. The van der Waals surface area contributed by atoms with Crippen molar-refractivity contribution in [2.45, 2.75) is 70.9 Å². The molecule has 1 saturated heterocycles. The van der Waals surface area contributed by atoms with Crippen molar-refractivity contribution in [1.29, 1.82) is 0 Å². The molecular weight excluding hydrogens is 224 g/mol. The first kappa shape index (κ1) is 15.9. The van der Waals surface area contributed by atoms with E-state index in [1.165, 1.54) is 32.1 Å². The molecule has 0 bridgehead atoms. The zero-order valence-electron chi connectivity index (χ0n) is 12.6. The van der Waals surface area contributed by atoms with Crippen LogP contribution in [-0.2, 0) is 4.74 Å². The molecule has 3 nitrogen and oxygen atoms in total. The van der Waals surface area contributed by atoms with Crippen molar-refractivity contribution >= 4 is 0 Å². The summed E-state index contributed by atoms with van der Waals surface area (Å²) in [5.41, 5.74) is 6.15. The van der Waals surface area contributed by atoms with Crippen LogP contribution in [0.1, 0.15) is 59.3 Å².